The van der Waals surface area contributed by atoms with Crippen LogP contribution in [0.5, 0.6) is 0 Å². The molecule has 0 saturated carbocycles. The van der Waals surface area contributed by atoms with Gasteiger partial charge < -0.3 is 20.7 Å². The molecule has 0 aromatic rings. The normalized spacial score (nSPS) is 11.8. The SMILES string of the molecule is CCCCC(=O)NCCCCC(NC(=O)CCCOC)C(=O)CCCCNC. The lowest BCUT2D eigenvalue weighted by Gasteiger charge is -2.18. The molecule has 0 saturated heterocycles. The quantitative estimate of drug-likeness (QED) is 0.290. The van der Waals surface area contributed by atoms with Crippen LogP contribution in [-0.4, -0.2) is 57.5 Å². The van der Waals surface area contributed by atoms with Crippen LogP contribution in [0.3, 0.4) is 0 Å². The van der Waals surface area contributed by atoms with Crippen molar-refractivity contribution < 1.29 is 19.1 Å². The predicted molar refractivity (Wildman–Crippen MR) is 112 cm³/mol. The minimum absolute atomic E-state index is 0.0884. The predicted octanol–water partition coefficient (Wildman–Crippen LogP) is 2.33. The molecule has 0 rings (SSSR count). The fraction of sp³-hybridized carbons (Fsp3) is 0.857. The average Bonchev–Trinajstić information content (AvgIpc) is 2.68. The first kappa shape index (κ1) is 26.5. The zero-order valence-electron chi connectivity index (χ0n) is 18.1. The Hall–Kier alpha value is -1.47. The molecule has 0 aliphatic carbocycles. The maximum Gasteiger partial charge on any atom is 0.220 e. The monoisotopic (exact) mass is 399 g/mol. The van der Waals surface area contributed by atoms with Crippen molar-refractivity contribution >= 4 is 17.6 Å². The van der Waals surface area contributed by atoms with E-state index in [1.807, 2.05) is 7.05 Å². The summed E-state index contributed by atoms with van der Waals surface area (Å²) >= 11 is 0. The van der Waals surface area contributed by atoms with Gasteiger partial charge in [0.15, 0.2) is 5.78 Å². The van der Waals surface area contributed by atoms with Gasteiger partial charge in [0.1, 0.15) is 0 Å². The summed E-state index contributed by atoms with van der Waals surface area (Å²) in [4.78, 5) is 36.2. The number of carbonyl (C=O) groups is 3. The highest BCUT2D eigenvalue weighted by atomic mass is 16.5. The number of hydrogen-bond donors (Lipinski definition) is 3. The van der Waals surface area contributed by atoms with Crippen LogP contribution in [-0.2, 0) is 19.1 Å². The smallest absolute Gasteiger partial charge is 0.220 e. The molecule has 0 aromatic heterocycles. The number of rotatable bonds is 19. The number of hydrogen-bond acceptors (Lipinski definition) is 5. The zero-order chi connectivity index (χ0) is 21.0. The second-order valence-electron chi connectivity index (χ2n) is 7.19. The number of ether oxygens (including phenoxy) is 1. The molecule has 0 aromatic carbocycles. The Labute approximate surface area is 170 Å². The van der Waals surface area contributed by atoms with E-state index in [0.717, 1.165) is 45.1 Å². The van der Waals surface area contributed by atoms with E-state index < -0.39 is 6.04 Å². The van der Waals surface area contributed by atoms with E-state index in [2.05, 4.69) is 22.9 Å². The average molecular weight is 400 g/mol. The van der Waals surface area contributed by atoms with Crippen LogP contribution in [0.1, 0.15) is 77.6 Å². The summed E-state index contributed by atoms with van der Waals surface area (Å²) in [6.07, 6.45) is 7.97. The van der Waals surface area contributed by atoms with Crippen LogP contribution >= 0.6 is 0 Å². The molecule has 2 amide bonds. The molecule has 7 heteroatoms. The Balaban J connectivity index is 4.29. The Morgan fingerprint density at radius 1 is 0.857 bits per heavy atom. The van der Waals surface area contributed by atoms with Gasteiger partial charge in [-0.3, -0.25) is 14.4 Å². The van der Waals surface area contributed by atoms with Gasteiger partial charge in [-0.2, -0.15) is 0 Å². The lowest BCUT2D eigenvalue weighted by molar-refractivity contribution is -0.128. The third kappa shape index (κ3) is 15.6. The molecule has 0 aliphatic rings. The van der Waals surface area contributed by atoms with E-state index in [-0.39, 0.29) is 17.6 Å². The highest BCUT2D eigenvalue weighted by molar-refractivity contribution is 5.89. The molecule has 3 N–H and O–H groups in total. The number of methoxy groups -OCH3 is 1. The van der Waals surface area contributed by atoms with Crippen molar-refractivity contribution in [3.63, 3.8) is 0 Å². The minimum atomic E-state index is -0.430. The van der Waals surface area contributed by atoms with Crippen molar-refractivity contribution in [2.75, 3.05) is 33.9 Å². The van der Waals surface area contributed by atoms with Gasteiger partial charge >= 0.3 is 0 Å². The van der Waals surface area contributed by atoms with E-state index in [1.54, 1.807) is 7.11 Å². The van der Waals surface area contributed by atoms with Crippen molar-refractivity contribution in [1.29, 1.82) is 0 Å². The molecule has 164 valence electrons. The lowest BCUT2D eigenvalue weighted by atomic mass is 10.0. The molecule has 0 bridgehead atoms. The van der Waals surface area contributed by atoms with Crippen LogP contribution in [0, 0.1) is 0 Å². The summed E-state index contributed by atoms with van der Waals surface area (Å²) in [6.45, 7) is 4.10. The fourth-order valence-corrected chi connectivity index (χ4v) is 2.86. The molecule has 0 radical (unpaired) electrons. The second kappa shape index (κ2) is 18.9. The molecule has 1 atom stereocenters. The van der Waals surface area contributed by atoms with E-state index in [1.165, 1.54) is 0 Å². The first-order valence-corrected chi connectivity index (χ1v) is 10.8. The number of amides is 2. The summed E-state index contributed by atoms with van der Waals surface area (Å²) in [5.74, 6) is 0.0899. The molecule has 0 heterocycles. The number of ketones is 1. The maximum atomic E-state index is 12.5. The lowest BCUT2D eigenvalue weighted by Crippen LogP contribution is -2.41. The highest BCUT2D eigenvalue weighted by Gasteiger charge is 2.19. The zero-order valence-corrected chi connectivity index (χ0v) is 18.1. The van der Waals surface area contributed by atoms with Crippen molar-refractivity contribution in [3.05, 3.63) is 0 Å². The van der Waals surface area contributed by atoms with Crippen LogP contribution in [0.2, 0.25) is 0 Å². The van der Waals surface area contributed by atoms with Crippen molar-refractivity contribution in [2.45, 2.75) is 83.6 Å². The topological polar surface area (TPSA) is 96.5 Å². The minimum Gasteiger partial charge on any atom is -0.385 e. The van der Waals surface area contributed by atoms with Crippen LogP contribution in [0.15, 0.2) is 0 Å². The van der Waals surface area contributed by atoms with Crippen molar-refractivity contribution in [2.24, 2.45) is 0 Å². The first-order valence-electron chi connectivity index (χ1n) is 10.8. The molecule has 0 spiro atoms. The highest BCUT2D eigenvalue weighted by Crippen LogP contribution is 2.08. The van der Waals surface area contributed by atoms with Gasteiger partial charge in [-0.1, -0.05) is 13.3 Å². The third-order valence-electron chi connectivity index (χ3n) is 4.58. The molecular formula is C21H41N3O4. The van der Waals surface area contributed by atoms with Crippen molar-refractivity contribution in [1.82, 2.24) is 16.0 Å². The van der Waals surface area contributed by atoms with Crippen LogP contribution in [0.4, 0.5) is 0 Å². The van der Waals surface area contributed by atoms with E-state index in [4.69, 9.17) is 4.74 Å². The number of unbranched alkanes of at least 4 members (excludes halogenated alkanes) is 3. The Kier molecular flexibility index (Phi) is 17.9. The van der Waals surface area contributed by atoms with Gasteiger partial charge in [0.2, 0.25) is 11.8 Å². The van der Waals surface area contributed by atoms with Crippen LogP contribution in [0.25, 0.3) is 0 Å². The molecule has 7 nitrogen and oxygen atoms in total. The Bertz CT molecular complexity index is 430. The van der Waals surface area contributed by atoms with Gasteiger partial charge in [-0.25, -0.2) is 0 Å². The van der Waals surface area contributed by atoms with E-state index in [9.17, 15) is 14.4 Å². The maximum absolute atomic E-state index is 12.5. The second-order valence-corrected chi connectivity index (χ2v) is 7.19. The summed E-state index contributed by atoms with van der Waals surface area (Å²) < 4.78 is 4.97. The van der Waals surface area contributed by atoms with Gasteiger partial charge in [0.05, 0.1) is 6.04 Å². The van der Waals surface area contributed by atoms with Gasteiger partial charge in [-0.05, 0) is 58.5 Å². The first-order chi connectivity index (χ1) is 13.5. The number of nitrogens with one attached hydrogen (secondary N) is 3. The molecule has 28 heavy (non-hydrogen) atoms. The van der Waals surface area contributed by atoms with Crippen LogP contribution < -0.4 is 16.0 Å². The van der Waals surface area contributed by atoms with Gasteiger partial charge in [0.25, 0.3) is 0 Å². The van der Waals surface area contributed by atoms with E-state index >= 15 is 0 Å². The summed E-state index contributed by atoms with van der Waals surface area (Å²) in [7, 11) is 3.50. The summed E-state index contributed by atoms with van der Waals surface area (Å²) in [5.41, 5.74) is 0. The largest absolute Gasteiger partial charge is 0.385 e. The van der Waals surface area contributed by atoms with Gasteiger partial charge in [0, 0.05) is 39.5 Å². The fourth-order valence-electron chi connectivity index (χ4n) is 2.86. The number of carbonyl (C=O) groups excluding carboxylic acids is 3. The molecule has 0 aliphatic heterocycles. The molecule has 0 fully saturated rings. The Morgan fingerprint density at radius 2 is 1.57 bits per heavy atom. The Morgan fingerprint density at radius 3 is 2.25 bits per heavy atom. The third-order valence-corrected chi connectivity index (χ3v) is 4.58. The standard InChI is InChI=1S/C21H41N3O4/c1-4-5-13-20(26)23-16-9-6-11-18(19(25)12-7-8-15-22-2)24-21(27)14-10-17-28-3/h18,22H,4-17H2,1-3H3,(H,23,26)(H,24,27). The van der Waals surface area contributed by atoms with Gasteiger partial charge in [-0.15, -0.1) is 0 Å². The molecule has 1 unspecified atom stereocenters. The number of Topliss-reactive ketones (excluding diaryl/α,β-unsaturated/α-hetero) is 1. The summed E-state index contributed by atoms with van der Waals surface area (Å²) in [6, 6.07) is -0.430. The molecular weight excluding hydrogens is 358 g/mol. The van der Waals surface area contributed by atoms with E-state index in [0.29, 0.717) is 45.3 Å². The summed E-state index contributed by atoms with van der Waals surface area (Å²) in [5, 5.41) is 8.88. The van der Waals surface area contributed by atoms with Crippen molar-refractivity contribution in [3.8, 4) is 0 Å².